The molecule has 5 rings (SSSR count). The van der Waals surface area contributed by atoms with Crippen molar-refractivity contribution >= 4 is 28.8 Å². The Morgan fingerprint density at radius 2 is 2.10 bits per heavy atom. The molecule has 152 valence electrons. The number of nitrogens with one attached hydrogen (secondary N) is 2. The van der Waals surface area contributed by atoms with Gasteiger partial charge in [-0.3, -0.25) is 20.1 Å². The van der Waals surface area contributed by atoms with Crippen LogP contribution < -0.4 is 20.1 Å². The van der Waals surface area contributed by atoms with Crippen LogP contribution in [0.5, 0.6) is 5.75 Å². The van der Waals surface area contributed by atoms with Crippen LogP contribution in [0.4, 0.5) is 4.79 Å². The molecule has 0 radical (unpaired) electrons. The Balaban J connectivity index is 1.55. The number of fused-ring (bicyclic) bond motifs is 2. The quantitative estimate of drug-likeness (QED) is 0.330. The average molecular weight is 409 g/mol. The normalized spacial score (nSPS) is 20.4. The van der Waals surface area contributed by atoms with Gasteiger partial charge in [-0.05, 0) is 23.8 Å². The van der Waals surface area contributed by atoms with E-state index in [9.17, 15) is 19.6 Å². The number of hydrogen-bond donors (Lipinski definition) is 3. The van der Waals surface area contributed by atoms with E-state index in [0.29, 0.717) is 22.3 Å². The van der Waals surface area contributed by atoms with E-state index < -0.39 is 17.5 Å². The molecule has 1 atom stereocenters. The lowest BCUT2D eigenvalue weighted by atomic mass is 9.95. The maximum atomic E-state index is 13.0. The minimum absolute atomic E-state index is 0.126. The Hall–Kier alpha value is -4.08. The molecule has 2 aromatic heterocycles. The van der Waals surface area contributed by atoms with Crippen molar-refractivity contribution in [1.29, 1.82) is 0 Å². The van der Waals surface area contributed by atoms with Crippen molar-refractivity contribution < 1.29 is 33.5 Å². The SMILES string of the molecule is COc1ccc2c(c1)C(=O)N(C[C@@]1(c3cc4c[n+](O)ccc4o3)NC(=O)NC1=O)C2. The molecule has 10 heteroatoms. The highest BCUT2D eigenvalue weighted by Gasteiger charge is 2.53. The van der Waals surface area contributed by atoms with Gasteiger partial charge in [-0.15, -0.1) is 0 Å². The van der Waals surface area contributed by atoms with Crippen LogP contribution in [0.3, 0.4) is 0 Å². The molecule has 3 aromatic rings. The number of nitrogens with zero attached hydrogens (tertiary/aromatic N) is 2. The number of pyridine rings is 1. The summed E-state index contributed by atoms with van der Waals surface area (Å²) in [6.07, 6.45) is 2.79. The van der Waals surface area contributed by atoms with Crippen molar-refractivity contribution in [3.8, 4) is 5.75 Å². The molecule has 0 unspecified atom stereocenters. The first-order valence-corrected chi connectivity index (χ1v) is 9.14. The third-order valence-corrected chi connectivity index (χ3v) is 5.43. The lowest BCUT2D eigenvalue weighted by Gasteiger charge is -2.29. The highest BCUT2D eigenvalue weighted by molar-refractivity contribution is 6.08. The van der Waals surface area contributed by atoms with E-state index in [1.54, 1.807) is 24.3 Å². The molecule has 30 heavy (non-hydrogen) atoms. The fraction of sp³-hybridized carbons (Fsp3) is 0.200. The van der Waals surface area contributed by atoms with E-state index in [0.717, 1.165) is 10.3 Å². The highest BCUT2D eigenvalue weighted by atomic mass is 16.5. The second-order valence-electron chi connectivity index (χ2n) is 7.25. The number of benzene rings is 1. The second kappa shape index (κ2) is 6.21. The number of imide groups is 1. The Morgan fingerprint density at radius 3 is 2.83 bits per heavy atom. The van der Waals surface area contributed by atoms with Gasteiger partial charge in [-0.25, -0.2) is 4.79 Å². The first kappa shape index (κ1) is 18.0. The number of furan rings is 1. The fourth-order valence-corrected chi connectivity index (χ4v) is 3.93. The Bertz CT molecular complexity index is 1240. The van der Waals surface area contributed by atoms with Gasteiger partial charge in [0.05, 0.1) is 25.1 Å². The molecule has 1 fully saturated rings. The largest absolute Gasteiger partial charge is 0.497 e. The molecule has 0 saturated carbocycles. The van der Waals surface area contributed by atoms with Crippen LogP contribution in [-0.2, 0) is 16.9 Å². The van der Waals surface area contributed by atoms with Crippen LogP contribution in [0.15, 0.2) is 47.1 Å². The van der Waals surface area contributed by atoms with E-state index in [-0.39, 0.29) is 24.8 Å². The number of rotatable bonds is 4. The first-order chi connectivity index (χ1) is 14.4. The fourth-order valence-electron chi connectivity index (χ4n) is 3.93. The zero-order chi connectivity index (χ0) is 21.0. The summed E-state index contributed by atoms with van der Waals surface area (Å²) >= 11 is 0. The molecule has 0 aliphatic carbocycles. The van der Waals surface area contributed by atoms with Crippen molar-refractivity contribution in [3.63, 3.8) is 0 Å². The summed E-state index contributed by atoms with van der Waals surface area (Å²) in [5.41, 5.74) is 0.106. The van der Waals surface area contributed by atoms with Crippen LogP contribution in [0, 0.1) is 0 Å². The summed E-state index contributed by atoms with van der Waals surface area (Å²) in [6, 6.07) is 7.63. The van der Waals surface area contributed by atoms with Crippen molar-refractivity contribution in [2.75, 3.05) is 13.7 Å². The van der Waals surface area contributed by atoms with Crippen molar-refractivity contribution in [3.05, 3.63) is 59.6 Å². The van der Waals surface area contributed by atoms with Gasteiger partial charge in [0.2, 0.25) is 12.4 Å². The lowest BCUT2D eigenvalue weighted by molar-refractivity contribution is -0.904. The van der Waals surface area contributed by atoms with Gasteiger partial charge in [0, 0.05) is 16.8 Å². The Kier molecular flexibility index (Phi) is 3.72. The number of ether oxygens (including phenoxy) is 1. The number of amides is 4. The smallest absolute Gasteiger partial charge is 0.322 e. The van der Waals surface area contributed by atoms with Crippen LogP contribution >= 0.6 is 0 Å². The molecule has 2 aliphatic heterocycles. The summed E-state index contributed by atoms with van der Waals surface area (Å²) in [5.74, 6) is -0.181. The Labute approximate surface area is 169 Å². The molecule has 1 aromatic carbocycles. The molecule has 10 nitrogen and oxygen atoms in total. The predicted octanol–water partition coefficient (Wildman–Crippen LogP) is 0.657. The van der Waals surface area contributed by atoms with E-state index in [1.807, 2.05) is 0 Å². The van der Waals surface area contributed by atoms with Crippen LogP contribution in [0.2, 0.25) is 0 Å². The minimum Gasteiger partial charge on any atom is -0.497 e. The van der Waals surface area contributed by atoms with Gasteiger partial charge in [0.15, 0.2) is 5.54 Å². The van der Waals surface area contributed by atoms with Crippen LogP contribution in [0.1, 0.15) is 21.7 Å². The second-order valence-corrected chi connectivity index (χ2v) is 7.25. The predicted molar refractivity (Wildman–Crippen MR) is 99.7 cm³/mol. The summed E-state index contributed by atoms with van der Waals surface area (Å²) in [5, 5.41) is 15.0. The summed E-state index contributed by atoms with van der Waals surface area (Å²) < 4.78 is 11.9. The summed E-state index contributed by atoms with van der Waals surface area (Å²) in [7, 11) is 1.52. The van der Waals surface area contributed by atoms with Gasteiger partial charge in [-0.2, -0.15) is 0 Å². The number of hydrogen-bond acceptors (Lipinski definition) is 6. The third kappa shape index (κ3) is 2.57. The molecule has 0 bridgehead atoms. The minimum atomic E-state index is -1.60. The standard InChI is InChI=1S/C20H16N4O6/c1-29-13-3-2-11-8-23(17(25)14(11)7-13)10-20(18(26)21-19(27)22-20)16-6-12-9-24(28)5-4-15(12)30-16/h2-7,9H,8,10H2,1H3,(H2-,21,22,26,27,28)/p+1/t20-/m0/s1. The van der Waals surface area contributed by atoms with Gasteiger partial charge >= 0.3 is 6.03 Å². The number of carbonyl (C=O) groups is 3. The molecule has 0 spiro atoms. The van der Waals surface area contributed by atoms with Crippen LogP contribution in [-0.4, -0.2) is 41.6 Å². The van der Waals surface area contributed by atoms with E-state index in [2.05, 4.69) is 10.6 Å². The molecule has 4 amide bonds. The third-order valence-electron chi connectivity index (χ3n) is 5.43. The average Bonchev–Trinajstić information content (AvgIpc) is 3.36. The van der Waals surface area contributed by atoms with Gasteiger partial charge in [-0.1, -0.05) is 6.07 Å². The monoisotopic (exact) mass is 409 g/mol. The molecule has 1 saturated heterocycles. The van der Waals surface area contributed by atoms with E-state index in [4.69, 9.17) is 9.15 Å². The number of carbonyl (C=O) groups excluding carboxylic acids is 3. The number of aromatic nitrogens is 1. The van der Waals surface area contributed by atoms with Gasteiger partial charge in [0.1, 0.15) is 17.1 Å². The lowest BCUT2D eigenvalue weighted by Crippen LogP contribution is -2.52. The summed E-state index contributed by atoms with van der Waals surface area (Å²) in [6.45, 7) is 0.152. The maximum absolute atomic E-state index is 13.0. The van der Waals surface area contributed by atoms with Crippen LogP contribution in [0.25, 0.3) is 11.0 Å². The van der Waals surface area contributed by atoms with Crippen molar-refractivity contribution in [2.45, 2.75) is 12.1 Å². The molecule has 4 heterocycles. The summed E-state index contributed by atoms with van der Waals surface area (Å²) in [4.78, 5) is 39.3. The van der Waals surface area contributed by atoms with E-state index in [1.165, 1.54) is 30.5 Å². The number of methoxy groups -OCH3 is 1. The zero-order valence-corrected chi connectivity index (χ0v) is 15.8. The molecular weight excluding hydrogens is 392 g/mol. The molecular formula is C20H17N4O6+. The molecule has 2 aliphatic rings. The van der Waals surface area contributed by atoms with Gasteiger partial charge < -0.3 is 19.4 Å². The van der Waals surface area contributed by atoms with Gasteiger partial charge in [0.25, 0.3) is 11.8 Å². The first-order valence-electron chi connectivity index (χ1n) is 9.14. The Morgan fingerprint density at radius 1 is 1.27 bits per heavy atom. The zero-order valence-electron chi connectivity index (χ0n) is 15.8. The maximum Gasteiger partial charge on any atom is 0.322 e. The highest BCUT2D eigenvalue weighted by Crippen LogP contribution is 2.34. The van der Waals surface area contributed by atoms with Crippen molar-refractivity contribution in [1.82, 2.24) is 15.5 Å². The topological polar surface area (TPSA) is 125 Å². The molecule has 3 N–H and O–H groups in total. The van der Waals surface area contributed by atoms with E-state index >= 15 is 0 Å². The van der Waals surface area contributed by atoms with Crippen molar-refractivity contribution in [2.24, 2.45) is 0 Å². The number of urea groups is 1.